The van der Waals surface area contributed by atoms with Gasteiger partial charge in [-0.2, -0.15) is 4.31 Å². The van der Waals surface area contributed by atoms with E-state index in [0.29, 0.717) is 13.1 Å². The van der Waals surface area contributed by atoms with Crippen LogP contribution < -0.4 is 5.73 Å². The minimum atomic E-state index is -3.75. The van der Waals surface area contributed by atoms with Gasteiger partial charge < -0.3 is 10.6 Å². The molecule has 1 aromatic carbocycles. The van der Waals surface area contributed by atoms with Gasteiger partial charge in [-0.05, 0) is 31.8 Å². The van der Waals surface area contributed by atoms with E-state index in [-0.39, 0.29) is 22.0 Å². The molecule has 1 aromatic rings. The van der Waals surface area contributed by atoms with E-state index in [1.54, 1.807) is 0 Å². The van der Waals surface area contributed by atoms with Gasteiger partial charge in [0.05, 0.1) is 9.92 Å². The monoisotopic (exact) mass is 323 g/mol. The normalized spacial score (nSPS) is 12.4. The van der Waals surface area contributed by atoms with Gasteiger partial charge in [-0.25, -0.2) is 12.8 Å². The summed E-state index contributed by atoms with van der Waals surface area (Å²) in [6, 6.07) is 2.23. The van der Waals surface area contributed by atoms with Gasteiger partial charge in [0.2, 0.25) is 10.0 Å². The van der Waals surface area contributed by atoms with Crippen LogP contribution in [0.2, 0.25) is 5.02 Å². The molecule has 0 aromatic heterocycles. The number of hydrogen-bond donors (Lipinski definition) is 1. The lowest BCUT2D eigenvalue weighted by atomic mass is 10.2. The predicted molar refractivity (Wildman–Crippen MR) is 77.7 cm³/mol. The first kappa shape index (κ1) is 17.3. The topological polar surface area (TPSA) is 66.6 Å². The number of likely N-dealkylation sites (N-methyl/N-ethyl adjacent to an activating group) is 2. The Morgan fingerprint density at radius 2 is 1.85 bits per heavy atom. The molecule has 0 aliphatic carbocycles. The molecule has 114 valence electrons. The fourth-order valence-electron chi connectivity index (χ4n) is 1.56. The molecule has 8 heteroatoms. The van der Waals surface area contributed by atoms with Crippen molar-refractivity contribution in [1.29, 1.82) is 0 Å². The molecule has 0 atom stereocenters. The van der Waals surface area contributed by atoms with Crippen LogP contribution in [0.5, 0.6) is 0 Å². The Balaban J connectivity index is 3.12. The molecule has 0 radical (unpaired) electrons. The molecular formula is C12H19ClFN3O2S. The van der Waals surface area contributed by atoms with Crippen molar-refractivity contribution in [3.8, 4) is 0 Å². The maximum atomic E-state index is 13.7. The summed E-state index contributed by atoms with van der Waals surface area (Å²) in [4.78, 5) is 1.72. The number of nitrogens with two attached hydrogens (primary N) is 1. The largest absolute Gasteiger partial charge is 0.326 e. The van der Waals surface area contributed by atoms with E-state index < -0.39 is 15.8 Å². The molecule has 0 saturated heterocycles. The molecule has 20 heavy (non-hydrogen) atoms. The highest BCUT2D eigenvalue weighted by atomic mass is 35.5. The van der Waals surface area contributed by atoms with Crippen LogP contribution in [0.15, 0.2) is 17.0 Å². The highest BCUT2D eigenvalue weighted by Gasteiger charge is 2.23. The van der Waals surface area contributed by atoms with Crippen LogP contribution in [0.1, 0.15) is 5.56 Å². The van der Waals surface area contributed by atoms with Gasteiger partial charge in [-0.15, -0.1) is 0 Å². The third-order valence-electron chi connectivity index (χ3n) is 2.87. The summed E-state index contributed by atoms with van der Waals surface area (Å²) in [5.41, 5.74) is 5.71. The maximum Gasteiger partial charge on any atom is 0.242 e. The van der Waals surface area contributed by atoms with E-state index in [1.165, 1.54) is 17.4 Å². The predicted octanol–water partition coefficient (Wildman–Crippen LogP) is 1.12. The molecule has 0 heterocycles. The lowest BCUT2D eigenvalue weighted by Crippen LogP contribution is -2.33. The fraction of sp³-hybridized carbons (Fsp3) is 0.500. The highest BCUT2D eigenvalue weighted by molar-refractivity contribution is 7.89. The zero-order valence-electron chi connectivity index (χ0n) is 11.7. The van der Waals surface area contributed by atoms with Crippen molar-refractivity contribution >= 4 is 21.6 Å². The van der Waals surface area contributed by atoms with Crippen LogP contribution in [0.25, 0.3) is 0 Å². The number of hydrogen-bond acceptors (Lipinski definition) is 4. The van der Waals surface area contributed by atoms with Gasteiger partial charge >= 0.3 is 0 Å². The molecule has 0 bridgehead atoms. The molecule has 0 unspecified atom stereocenters. The van der Waals surface area contributed by atoms with Gasteiger partial charge in [-0.1, -0.05) is 11.6 Å². The second kappa shape index (κ2) is 6.82. The van der Waals surface area contributed by atoms with Gasteiger partial charge in [0, 0.05) is 26.7 Å². The van der Waals surface area contributed by atoms with Gasteiger partial charge in [0.1, 0.15) is 5.82 Å². The van der Waals surface area contributed by atoms with Crippen molar-refractivity contribution in [2.24, 2.45) is 5.73 Å². The Morgan fingerprint density at radius 1 is 1.25 bits per heavy atom. The quantitative estimate of drug-likeness (QED) is 0.852. The van der Waals surface area contributed by atoms with Crippen molar-refractivity contribution in [2.45, 2.75) is 11.4 Å². The zero-order valence-corrected chi connectivity index (χ0v) is 13.3. The molecular weight excluding hydrogens is 305 g/mol. The number of nitrogens with zero attached hydrogens (tertiary/aromatic N) is 2. The number of rotatable bonds is 6. The van der Waals surface area contributed by atoms with E-state index in [1.807, 2.05) is 19.0 Å². The molecule has 0 aliphatic heterocycles. The molecule has 0 fully saturated rings. The average Bonchev–Trinajstić information content (AvgIpc) is 2.38. The second-order valence-corrected chi connectivity index (χ2v) is 7.14. The van der Waals surface area contributed by atoms with Crippen LogP contribution >= 0.6 is 11.6 Å². The number of sulfonamides is 1. The van der Waals surface area contributed by atoms with Crippen LogP contribution in [0.3, 0.4) is 0 Å². The summed E-state index contributed by atoms with van der Waals surface area (Å²) < 4.78 is 39.5. The van der Waals surface area contributed by atoms with Crippen LogP contribution in [-0.2, 0) is 16.6 Å². The lowest BCUT2D eigenvalue weighted by molar-refractivity contribution is 0.358. The second-order valence-electron chi connectivity index (χ2n) is 4.71. The summed E-state index contributed by atoms with van der Waals surface area (Å²) in [6.07, 6.45) is 0. The van der Waals surface area contributed by atoms with E-state index in [2.05, 4.69) is 0 Å². The summed E-state index contributed by atoms with van der Waals surface area (Å²) >= 11 is 5.73. The molecule has 0 amide bonds. The van der Waals surface area contributed by atoms with E-state index >= 15 is 0 Å². The van der Waals surface area contributed by atoms with E-state index in [0.717, 1.165) is 6.07 Å². The smallest absolute Gasteiger partial charge is 0.242 e. The van der Waals surface area contributed by atoms with Crippen molar-refractivity contribution < 1.29 is 12.8 Å². The molecule has 0 saturated carbocycles. The Bertz CT molecular complexity index is 578. The first-order valence-electron chi connectivity index (χ1n) is 5.99. The minimum Gasteiger partial charge on any atom is -0.326 e. The molecule has 0 spiro atoms. The zero-order chi connectivity index (χ0) is 15.5. The van der Waals surface area contributed by atoms with E-state index in [4.69, 9.17) is 17.3 Å². The van der Waals surface area contributed by atoms with Crippen LogP contribution in [0.4, 0.5) is 4.39 Å². The molecule has 5 nitrogen and oxygen atoms in total. The first-order chi connectivity index (χ1) is 9.20. The summed E-state index contributed by atoms with van der Waals surface area (Å²) in [5, 5.41) is -0.137. The average molecular weight is 324 g/mol. The van der Waals surface area contributed by atoms with Crippen molar-refractivity contribution in [2.75, 3.05) is 34.2 Å². The Labute approximate surface area is 124 Å². The summed E-state index contributed by atoms with van der Waals surface area (Å²) in [7, 11) is 1.38. The summed E-state index contributed by atoms with van der Waals surface area (Å²) in [6.45, 7) is 0.841. The number of benzene rings is 1. The first-order valence-corrected chi connectivity index (χ1v) is 7.81. The van der Waals surface area contributed by atoms with Crippen molar-refractivity contribution in [1.82, 2.24) is 9.21 Å². The van der Waals surface area contributed by atoms with E-state index in [9.17, 15) is 12.8 Å². The van der Waals surface area contributed by atoms with Gasteiger partial charge in [0.15, 0.2) is 0 Å². The minimum absolute atomic E-state index is 0.0273. The van der Waals surface area contributed by atoms with Crippen LogP contribution in [0, 0.1) is 5.82 Å². The van der Waals surface area contributed by atoms with Crippen molar-refractivity contribution in [3.05, 3.63) is 28.5 Å². The maximum absolute atomic E-state index is 13.7. The third kappa shape index (κ3) is 3.89. The third-order valence-corrected chi connectivity index (χ3v) is 5.13. The standard InChI is InChI=1S/C12H19ClFN3O2S/c1-16(2)4-5-17(3)20(18,19)10-6-9(8-15)12(13)11(14)7-10/h6-7H,4-5,8,15H2,1-3H3. The number of halogens is 2. The Hall–Kier alpha value is -0.730. The highest BCUT2D eigenvalue weighted by Crippen LogP contribution is 2.25. The molecule has 0 aliphatic rings. The van der Waals surface area contributed by atoms with Gasteiger partial charge in [-0.3, -0.25) is 0 Å². The summed E-state index contributed by atoms with van der Waals surface area (Å²) in [5.74, 6) is -0.783. The Kier molecular flexibility index (Phi) is 5.91. The fourth-order valence-corrected chi connectivity index (χ4v) is 2.97. The Morgan fingerprint density at radius 3 is 2.35 bits per heavy atom. The molecule has 1 rings (SSSR count). The lowest BCUT2D eigenvalue weighted by Gasteiger charge is -2.20. The molecule has 2 N–H and O–H groups in total. The van der Waals surface area contributed by atoms with Crippen molar-refractivity contribution in [3.63, 3.8) is 0 Å². The van der Waals surface area contributed by atoms with Gasteiger partial charge in [0.25, 0.3) is 0 Å². The van der Waals surface area contributed by atoms with Crippen LogP contribution in [-0.4, -0.2) is 51.9 Å². The SMILES string of the molecule is CN(C)CCN(C)S(=O)(=O)c1cc(F)c(Cl)c(CN)c1.